The van der Waals surface area contributed by atoms with Gasteiger partial charge in [0.1, 0.15) is 11.3 Å². The van der Waals surface area contributed by atoms with Gasteiger partial charge in [0, 0.05) is 0 Å². The molecule has 0 bridgehead atoms. The molecule has 1 fully saturated rings. The van der Waals surface area contributed by atoms with Crippen LogP contribution in [0.15, 0.2) is 30.3 Å². The highest BCUT2D eigenvalue weighted by Crippen LogP contribution is 2.37. The van der Waals surface area contributed by atoms with Gasteiger partial charge in [-0.3, -0.25) is 5.41 Å². The first-order chi connectivity index (χ1) is 7.02. The van der Waals surface area contributed by atoms with Crippen LogP contribution in [0.3, 0.4) is 0 Å². The van der Waals surface area contributed by atoms with Crippen molar-refractivity contribution in [3.63, 3.8) is 0 Å². The van der Waals surface area contributed by atoms with E-state index in [4.69, 9.17) is 10.1 Å². The second-order valence-corrected chi connectivity index (χ2v) is 4.25. The molecule has 0 aromatic heterocycles. The van der Waals surface area contributed by atoms with E-state index in [0.717, 1.165) is 5.56 Å². The minimum absolute atomic E-state index is 0.0474. The summed E-state index contributed by atoms with van der Waals surface area (Å²) in [6.45, 7) is 3.67. The molecule has 1 unspecified atom stereocenters. The molecule has 15 heavy (non-hydrogen) atoms. The summed E-state index contributed by atoms with van der Waals surface area (Å²) in [4.78, 5) is 11.3. The van der Waals surface area contributed by atoms with Crippen molar-refractivity contribution in [2.24, 2.45) is 0 Å². The number of rotatable bonds is 1. The summed E-state index contributed by atoms with van der Waals surface area (Å²) in [5.41, 5.74) is 0.389. The zero-order valence-electron chi connectivity index (χ0n) is 8.78. The van der Waals surface area contributed by atoms with Crippen LogP contribution in [0.4, 0.5) is 0 Å². The molecule has 3 nitrogen and oxygen atoms in total. The molecule has 0 amide bonds. The summed E-state index contributed by atoms with van der Waals surface area (Å²) in [5.74, 6) is -0.764. The van der Waals surface area contributed by atoms with Crippen molar-refractivity contribution >= 4 is 11.7 Å². The summed E-state index contributed by atoms with van der Waals surface area (Å²) in [5, 5.41) is 7.73. The van der Waals surface area contributed by atoms with E-state index < -0.39 is 11.6 Å². The lowest BCUT2D eigenvalue weighted by Gasteiger charge is -2.24. The van der Waals surface area contributed by atoms with Gasteiger partial charge < -0.3 is 4.74 Å². The average molecular weight is 203 g/mol. The van der Waals surface area contributed by atoms with Crippen LogP contribution in [-0.4, -0.2) is 17.3 Å². The number of benzene rings is 1. The Morgan fingerprint density at radius 3 is 2.33 bits per heavy atom. The number of cyclic esters (lactones) is 1. The van der Waals surface area contributed by atoms with E-state index in [1.165, 1.54) is 0 Å². The van der Waals surface area contributed by atoms with Crippen LogP contribution in [0.1, 0.15) is 25.3 Å². The van der Waals surface area contributed by atoms with Crippen LogP contribution in [-0.2, 0) is 9.53 Å². The summed E-state index contributed by atoms with van der Waals surface area (Å²) < 4.78 is 5.16. The van der Waals surface area contributed by atoms with Crippen molar-refractivity contribution < 1.29 is 9.53 Å². The first kappa shape index (κ1) is 9.90. The molecule has 3 heteroatoms. The summed E-state index contributed by atoms with van der Waals surface area (Å²) in [6.07, 6.45) is 0. The lowest BCUT2D eigenvalue weighted by atomic mass is 9.83. The molecule has 1 aliphatic rings. The SMILES string of the molecule is CC1(C)OC(=O)C(=N)C1c1ccccc1. The highest BCUT2D eigenvalue weighted by atomic mass is 16.6. The number of carbonyl (C=O) groups is 1. The minimum Gasteiger partial charge on any atom is -0.454 e. The van der Waals surface area contributed by atoms with Crippen LogP contribution in [0.2, 0.25) is 0 Å². The molecular weight excluding hydrogens is 190 g/mol. The molecule has 2 rings (SSSR count). The maximum absolute atomic E-state index is 11.3. The zero-order chi connectivity index (χ0) is 11.1. The smallest absolute Gasteiger partial charge is 0.353 e. The van der Waals surface area contributed by atoms with E-state index in [-0.39, 0.29) is 11.6 Å². The lowest BCUT2D eigenvalue weighted by Crippen LogP contribution is -2.27. The van der Waals surface area contributed by atoms with Crippen molar-refractivity contribution in [3.8, 4) is 0 Å². The summed E-state index contributed by atoms with van der Waals surface area (Å²) in [6, 6.07) is 9.56. The van der Waals surface area contributed by atoms with Crippen molar-refractivity contribution in [3.05, 3.63) is 35.9 Å². The molecule has 1 saturated heterocycles. The minimum atomic E-state index is -0.616. The average Bonchev–Trinajstić information content (AvgIpc) is 2.37. The van der Waals surface area contributed by atoms with Crippen LogP contribution in [0, 0.1) is 5.41 Å². The van der Waals surface area contributed by atoms with Gasteiger partial charge in [-0.2, -0.15) is 0 Å². The van der Waals surface area contributed by atoms with E-state index in [0.29, 0.717) is 0 Å². The Labute approximate surface area is 88.6 Å². The number of hydrogen-bond donors (Lipinski definition) is 1. The Hall–Kier alpha value is -1.64. The highest BCUT2D eigenvalue weighted by Gasteiger charge is 2.47. The maximum Gasteiger partial charge on any atom is 0.353 e. The monoisotopic (exact) mass is 203 g/mol. The Kier molecular flexibility index (Phi) is 2.11. The first-order valence-corrected chi connectivity index (χ1v) is 4.89. The summed E-state index contributed by atoms with van der Waals surface area (Å²) >= 11 is 0. The predicted molar refractivity (Wildman–Crippen MR) is 57.1 cm³/mol. The fourth-order valence-electron chi connectivity index (χ4n) is 2.03. The Morgan fingerprint density at radius 2 is 1.87 bits per heavy atom. The van der Waals surface area contributed by atoms with Crippen molar-refractivity contribution in [2.45, 2.75) is 25.4 Å². The second-order valence-electron chi connectivity index (χ2n) is 4.25. The fraction of sp³-hybridized carbons (Fsp3) is 0.333. The Morgan fingerprint density at radius 1 is 1.27 bits per heavy atom. The van der Waals surface area contributed by atoms with E-state index >= 15 is 0 Å². The first-order valence-electron chi connectivity index (χ1n) is 4.89. The second kappa shape index (κ2) is 3.19. The molecule has 1 N–H and O–H groups in total. The van der Waals surface area contributed by atoms with E-state index in [9.17, 15) is 4.79 Å². The molecule has 1 aliphatic heterocycles. The van der Waals surface area contributed by atoms with E-state index in [1.807, 2.05) is 44.2 Å². The Bertz CT molecular complexity index is 409. The van der Waals surface area contributed by atoms with Crippen LogP contribution < -0.4 is 0 Å². The molecule has 0 aliphatic carbocycles. The summed E-state index contributed by atoms with van der Waals surface area (Å²) in [7, 11) is 0. The van der Waals surface area contributed by atoms with Crippen molar-refractivity contribution in [2.75, 3.05) is 0 Å². The number of nitrogens with one attached hydrogen (secondary N) is 1. The third-order valence-corrected chi connectivity index (χ3v) is 2.69. The van der Waals surface area contributed by atoms with Gasteiger partial charge in [-0.1, -0.05) is 30.3 Å². The molecule has 78 valence electrons. The van der Waals surface area contributed by atoms with E-state index in [2.05, 4.69) is 0 Å². The molecule has 1 heterocycles. The topological polar surface area (TPSA) is 50.2 Å². The third-order valence-electron chi connectivity index (χ3n) is 2.69. The largest absolute Gasteiger partial charge is 0.454 e. The lowest BCUT2D eigenvalue weighted by molar-refractivity contribution is -0.142. The zero-order valence-corrected chi connectivity index (χ0v) is 8.78. The van der Waals surface area contributed by atoms with Gasteiger partial charge in [-0.25, -0.2) is 4.79 Å². The highest BCUT2D eigenvalue weighted by molar-refractivity contribution is 6.39. The quantitative estimate of drug-likeness (QED) is 0.711. The van der Waals surface area contributed by atoms with E-state index in [1.54, 1.807) is 0 Å². The van der Waals surface area contributed by atoms with Crippen LogP contribution in [0.5, 0.6) is 0 Å². The fourth-order valence-corrected chi connectivity index (χ4v) is 2.03. The standard InChI is InChI=1S/C12H13NO2/c1-12(2)9(10(13)11(14)15-12)8-6-4-3-5-7-8/h3-7,9,13H,1-2H3. The molecule has 1 atom stereocenters. The molecule has 0 spiro atoms. The van der Waals surface area contributed by atoms with Gasteiger partial charge >= 0.3 is 5.97 Å². The van der Waals surface area contributed by atoms with Gasteiger partial charge in [-0.05, 0) is 19.4 Å². The number of carbonyl (C=O) groups excluding carboxylic acids is 1. The normalized spacial score (nSPS) is 24.0. The molecule has 1 aromatic carbocycles. The van der Waals surface area contributed by atoms with Crippen molar-refractivity contribution in [1.29, 1.82) is 5.41 Å². The van der Waals surface area contributed by atoms with Gasteiger partial charge in [-0.15, -0.1) is 0 Å². The van der Waals surface area contributed by atoms with Gasteiger partial charge in [0.05, 0.1) is 5.92 Å². The van der Waals surface area contributed by atoms with Crippen molar-refractivity contribution in [1.82, 2.24) is 0 Å². The van der Waals surface area contributed by atoms with Crippen LogP contribution >= 0.6 is 0 Å². The molecule has 1 aromatic rings. The van der Waals surface area contributed by atoms with Crippen LogP contribution in [0.25, 0.3) is 0 Å². The molecular formula is C12H13NO2. The third kappa shape index (κ3) is 1.54. The number of hydrogen-bond acceptors (Lipinski definition) is 3. The maximum atomic E-state index is 11.3. The predicted octanol–water partition coefficient (Wildman–Crippen LogP) is 2.13. The molecule has 0 radical (unpaired) electrons. The van der Waals surface area contributed by atoms with Gasteiger partial charge in [0.15, 0.2) is 0 Å². The number of esters is 1. The van der Waals surface area contributed by atoms with Gasteiger partial charge in [0.2, 0.25) is 0 Å². The molecule has 0 saturated carbocycles. The Balaban J connectivity index is 2.45. The number of ether oxygens (including phenoxy) is 1. The van der Waals surface area contributed by atoms with Gasteiger partial charge in [0.25, 0.3) is 0 Å².